The molecule has 2 N–H and O–H groups in total. The number of ether oxygens (including phenoxy) is 1. The molecule has 0 aromatic heterocycles. The molecule has 0 spiro atoms. The quantitative estimate of drug-likeness (QED) is 0.530. The fourth-order valence-corrected chi connectivity index (χ4v) is 0.832. The molecule has 0 rings (SSSR count). The smallest absolute Gasteiger partial charge is 0.405 e. The van der Waals surface area contributed by atoms with Crippen LogP contribution in [-0.4, -0.2) is 35.1 Å². The van der Waals surface area contributed by atoms with Gasteiger partial charge in [0.05, 0.1) is 0 Å². The average Bonchev–Trinajstić information content (AvgIpc) is 1.99. The molecule has 1 atom stereocenters. The summed E-state index contributed by atoms with van der Waals surface area (Å²) < 4.78 is 4.93. The van der Waals surface area contributed by atoms with E-state index in [0.717, 1.165) is 0 Å². The Morgan fingerprint density at radius 3 is 2.33 bits per heavy atom. The van der Waals surface area contributed by atoms with Crippen molar-refractivity contribution in [2.24, 2.45) is 0 Å². The minimum atomic E-state index is -1.37. The Morgan fingerprint density at radius 1 is 1.47 bits per heavy atom. The first-order valence-corrected chi connectivity index (χ1v) is 4.42. The van der Waals surface area contributed by atoms with Crippen molar-refractivity contribution in [3.8, 4) is 0 Å². The molecule has 0 aromatic rings. The highest BCUT2D eigenvalue weighted by molar-refractivity contribution is 5.83. The summed E-state index contributed by atoms with van der Waals surface area (Å²) >= 11 is 0. The highest BCUT2D eigenvalue weighted by Crippen LogP contribution is 2.09. The summed E-state index contributed by atoms with van der Waals surface area (Å²) in [6.45, 7) is 4.97. The number of carbonyl (C=O) groups excluding carboxylic acids is 2. The van der Waals surface area contributed by atoms with Crippen molar-refractivity contribution in [3.63, 3.8) is 0 Å². The third kappa shape index (κ3) is 6.48. The Hall–Kier alpha value is -1.59. The Labute approximate surface area is 87.6 Å². The van der Waals surface area contributed by atoms with Gasteiger partial charge in [0.1, 0.15) is 17.9 Å². The molecule has 1 amide bonds. The van der Waals surface area contributed by atoms with E-state index in [-0.39, 0.29) is 6.42 Å². The summed E-state index contributed by atoms with van der Waals surface area (Å²) in [5.74, 6) is -0.753. The molecule has 0 bridgehead atoms. The van der Waals surface area contributed by atoms with Crippen LogP contribution in [0.5, 0.6) is 0 Å². The minimum absolute atomic E-state index is 0.235. The standard InChI is InChI=1S/C9H15NO5/c1-9(2,3)15-7(12)6(4-5-11)10-8(13)14/h5-6,10H,4H2,1-3H3,(H,13,14). The molecule has 86 valence electrons. The topological polar surface area (TPSA) is 92.7 Å². The second kappa shape index (κ2) is 5.33. The fourth-order valence-electron chi connectivity index (χ4n) is 0.832. The molecule has 1 unspecified atom stereocenters. The highest BCUT2D eigenvalue weighted by atomic mass is 16.6. The molecule has 0 aromatic carbocycles. The number of hydrogen-bond acceptors (Lipinski definition) is 4. The van der Waals surface area contributed by atoms with Crippen molar-refractivity contribution >= 4 is 18.3 Å². The van der Waals surface area contributed by atoms with E-state index in [9.17, 15) is 14.4 Å². The first-order valence-electron chi connectivity index (χ1n) is 4.42. The molecule has 6 nitrogen and oxygen atoms in total. The lowest BCUT2D eigenvalue weighted by molar-refractivity contribution is -0.157. The van der Waals surface area contributed by atoms with Crippen LogP contribution < -0.4 is 5.32 Å². The van der Waals surface area contributed by atoms with Gasteiger partial charge >= 0.3 is 12.1 Å². The Kier molecular flexibility index (Phi) is 4.77. The van der Waals surface area contributed by atoms with Gasteiger partial charge in [0.25, 0.3) is 0 Å². The molecule has 0 saturated heterocycles. The first kappa shape index (κ1) is 13.4. The van der Waals surface area contributed by atoms with Gasteiger partial charge < -0.3 is 20.0 Å². The van der Waals surface area contributed by atoms with E-state index in [0.29, 0.717) is 6.29 Å². The number of rotatable bonds is 4. The molecule has 6 heteroatoms. The maximum Gasteiger partial charge on any atom is 0.405 e. The second-order valence-electron chi connectivity index (χ2n) is 3.94. The van der Waals surface area contributed by atoms with Crippen LogP contribution in [0, 0.1) is 0 Å². The number of hydrogen-bond donors (Lipinski definition) is 2. The molecular formula is C9H15NO5. The van der Waals surface area contributed by atoms with Gasteiger partial charge in [-0.15, -0.1) is 0 Å². The Balaban J connectivity index is 4.41. The van der Waals surface area contributed by atoms with E-state index in [2.05, 4.69) is 0 Å². The zero-order valence-corrected chi connectivity index (χ0v) is 8.94. The van der Waals surface area contributed by atoms with E-state index in [4.69, 9.17) is 9.84 Å². The summed E-state index contributed by atoms with van der Waals surface area (Å²) in [7, 11) is 0. The van der Waals surface area contributed by atoms with Gasteiger partial charge in [0, 0.05) is 6.42 Å². The van der Waals surface area contributed by atoms with Gasteiger partial charge in [-0.05, 0) is 20.8 Å². The van der Waals surface area contributed by atoms with Crippen molar-refractivity contribution in [3.05, 3.63) is 0 Å². The minimum Gasteiger partial charge on any atom is -0.465 e. The average molecular weight is 217 g/mol. The lowest BCUT2D eigenvalue weighted by Gasteiger charge is -2.22. The van der Waals surface area contributed by atoms with Crippen molar-refractivity contribution in [1.29, 1.82) is 0 Å². The van der Waals surface area contributed by atoms with Gasteiger partial charge in [-0.2, -0.15) is 0 Å². The zero-order valence-electron chi connectivity index (χ0n) is 8.94. The monoisotopic (exact) mass is 217 g/mol. The first-order chi connectivity index (χ1) is 6.76. The van der Waals surface area contributed by atoms with Crippen LogP contribution in [0.1, 0.15) is 27.2 Å². The molecule has 0 aliphatic carbocycles. The number of esters is 1. The Bertz CT molecular complexity index is 256. The van der Waals surface area contributed by atoms with Crippen LogP contribution >= 0.6 is 0 Å². The molecule has 15 heavy (non-hydrogen) atoms. The normalized spacial score (nSPS) is 12.7. The third-order valence-corrected chi connectivity index (χ3v) is 1.32. The van der Waals surface area contributed by atoms with Crippen LogP contribution in [0.2, 0.25) is 0 Å². The summed E-state index contributed by atoms with van der Waals surface area (Å²) in [4.78, 5) is 31.9. The third-order valence-electron chi connectivity index (χ3n) is 1.32. The van der Waals surface area contributed by atoms with Crippen molar-refractivity contribution in [1.82, 2.24) is 5.32 Å². The molecule has 0 fully saturated rings. The maximum atomic E-state index is 11.4. The predicted molar refractivity (Wildman–Crippen MR) is 51.5 cm³/mol. The van der Waals surface area contributed by atoms with E-state index < -0.39 is 23.7 Å². The van der Waals surface area contributed by atoms with Crippen LogP contribution in [0.4, 0.5) is 4.79 Å². The van der Waals surface area contributed by atoms with E-state index in [1.807, 2.05) is 5.32 Å². The number of carboxylic acid groups (broad SMARTS) is 1. The van der Waals surface area contributed by atoms with Gasteiger partial charge in [0.2, 0.25) is 0 Å². The fraction of sp³-hybridized carbons (Fsp3) is 0.667. The van der Waals surface area contributed by atoms with Gasteiger partial charge in [0.15, 0.2) is 0 Å². The number of nitrogens with one attached hydrogen (secondary N) is 1. The lowest BCUT2D eigenvalue weighted by atomic mass is 10.1. The van der Waals surface area contributed by atoms with Crippen LogP contribution in [0.25, 0.3) is 0 Å². The van der Waals surface area contributed by atoms with Crippen LogP contribution in [0.15, 0.2) is 0 Å². The maximum absolute atomic E-state index is 11.4. The van der Waals surface area contributed by atoms with Crippen molar-refractivity contribution in [2.75, 3.05) is 0 Å². The van der Waals surface area contributed by atoms with Crippen LogP contribution in [0.3, 0.4) is 0 Å². The summed E-state index contributed by atoms with van der Waals surface area (Å²) in [6.07, 6.45) is -1.14. The van der Waals surface area contributed by atoms with Crippen molar-refractivity contribution < 1.29 is 24.2 Å². The SMILES string of the molecule is CC(C)(C)OC(=O)C(CC=O)NC(=O)O. The van der Waals surface area contributed by atoms with E-state index >= 15 is 0 Å². The summed E-state index contributed by atoms with van der Waals surface area (Å²) in [5.41, 5.74) is -0.710. The van der Waals surface area contributed by atoms with Crippen LogP contribution in [-0.2, 0) is 14.3 Å². The van der Waals surface area contributed by atoms with Gasteiger partial charge in [-0.1, -0.05) is 0 Å². The second-order valence-corrected chi connectivity index (χ2v) is 3.94. The number of amides is 1. The van der Waals surface area contributed by atoms with E-state index in [1.54, 1.807) is 20.8 Å². The molecule has 0 aliphatic heterocycles. The summed E-state index contributed by atoms with van der Waals surface area (Å²) in [5, 5.41) is 10.3. The molecule has 0 radical (unpaired) electrons. The highest BCUT2D eigenvalue weighted by Gasteiger charge is 2.26. The molecule has 0 aliphatic rings. The van der Waals surface area contributed by atoms with Gasteiger partial charge in [-0.25, -0.2) is 9.59 Å². The predicted octanol–water partition coefficient (Wildman–Crippen LogP) is 0.553. The molecular weight excluding hydrogens is 202 g/mol. The van der Waals surface area contributed by atoms with Crippen molar-refractivity contribution in [2.45, 2.75) is 38.8 Å². The number of aldehydes is 1. The Morgan fingerprint density at radius 2 is 2.00 bits per heavy atom. The number of carbonyl (C=O) groups is 3. The molecule has 0 heterocycles. The summed E-state index contributed by atoms with van der Waals surface area (Å²) in [6, 6.07) is -1.14. The van der Waals surface area contributed by atoms with Gasteiger partial charge in [-0.3, -0.25) is 0 Å². The molecule has 0 saturated carbocycles. The largest absolute Gasteiger partial charge is 0.465 e. The zero-order chi connectivity index (χ0) is 12.1. The lowest BCUT2D eigenvalue weighted by Crippen LogP contribution is -2.43. The van der Waals surface area contributed by atoms with E-state index in [1.165, 1.54) is 0 Å².